The molecular weight excluding hydrogens is 254 g/mol. The Labute approximate surface area is 125 Å². The number of likely N-dealkylation sites (N-methyl/N-ethyl adjacent to an activating group) is 2. The molecule has 0 unspecified atom stereocenters. The van der Waals surface area contributed by atoms with Gasteiger partial charge in [-0.2, -0.15) is 11.8 Å². The van der Waals surface area contributed by atoms with Crippen LogP contribution in [0.5, 0.6) is 0 Å². The number of hydrogen-bond acceptors (Lipinski definition) is 4. The molecule has 0 saturated carbocycles. The van der Waals surface area contributed by atoms with Crippen LogP contribution in [0.25, 0.3) is 0 Å². The summed E-state index contributed by atoms with van der Waals surface area (Å²) in [5.74, 6) is 1.25. The van der Waals surface area contributed by atoms with Crippen molar-refractivity contribution in [1.29, 1.82) is 0 Å². The van der Waals surface area contributed by atoms with E-state index < -0.39 is 0 Å². The van der Waals surface area contributed by atoms with Gasteiger partial charge in [0, 0.05) is 38.5 Å². The van der Waals surface area contributed by atoms with Crippen molar-refractivity contribution in [3.8, 4) is 0 Å². The molecule has 0 amide bonds. The van der Waals surface area contributed by atoms with E-state index in [0.717, 1.165) is 0 Å². The summed E-state index contributed by atoms with van der Waals surface area (Å²) in [6.45, 7) is 19.8. The van der Waals surface area contributed by atoms with Gasteiger partial charge in [-0.05, 0) is 32.4 Å². The topological polar surface area (TPSA) is 9.72 Å². The predicted octanol–water partition coefficient (Wildman–Crippen LogP) is 2.33. The Morgan fingerprint density at radius 1 is 0.579 bits per heavy atom. The van der Waals surface area contributed by atoms with Gasteiger partial charge in [-0.1, -0.05) is 27.7 Å². The van der Waals surface area contributed by atoms with Crippen LogP contribution >= 0.6 is 11.8 Å². The summed E-state index contributed by atoms with van der Waals surface area (Å²) >= 11 is 1.95. The van der Waals surface area contributed by atoms with Gasteiger partial charge in [-0.15, -0.1) is 0 Å². The van der Waals surface area contributed by atoms with Crippen LogP contribution in [0.4, 0.5) is 0 Å². The van der Waals surface area contributed by atoms with Crippen LogP contribution < -0.4 is 0 Å². The van der Waals surface area contributed by atoms with Crippen LogP contribution in [0, 0.1) is 0 Å². The molecule has 0 heterocycles. The van der Waals surface area contributed by atoms with Gasteiger partial charge in [0.1, 0.15) is 0 Å². The molecule has 0 radical (unpaired) electrons. The van der Waals surface area contributed by atoms with E-state index in [2.05, 4.69) is 48.7 Å². The minimum absolute atomic E-state index is 1.17. The maximum atomic E-state index is 2.63. The second-order valence-corrected chi connectivity index (χ2v) is 5.87. The van der Waals surface area contributed by atoms with Crippen molar-refractivity contribution in [3.05, 3.63) is 0 Å². The standard InChI is InChI=1S/C15H35N3S/c1-6-16(7-2)10-12-18(14-15-19-5)13-11-17(8-3)9-4/h6-15H2,1-5H3. The zero-order chi connectivity index (χ0) is 14.5. The molecule has 0 aliphatic heterocycles. The monoisotopic (exact) mass is 289 g/mol. The number of hydrogen-bond donors (Lipinski definition) is 0. The lowest BCUT2D eigenvalue weighted by molar-refractivity contribution is 0.192. The van der Waals surface area contributed by atoms with Crippen LogP contribution in [0.15, 0.2) is 0 Å². The Kier molecular flexibility index (Phi) is 13.4. The number of nitrogens with zero attached hydrogens (tertiary/aromatic N) is 3. The van der Waals surface area contributed by atoms with Crippen molar-refractivity contribution in [2.45, 2.75) is 27.7 Å². The minimum atomic E-state index is 1.17. The van der Waals surface area contributed by atoms with E-state index in [1.54, 1.807) is 0 Å². The molecule has 0 spiro atoms. The zero-order valence-electron chi connectivity index (χ0n) is 13.8. The highest BCUT2D eigenvalue weighted by molar-refractivity contribution is 7.98. The molecule has 0 aliphatic carbocycles. The third kappa shape index (κ3) is 9.72. The normalized spacial score (nSPS) is 12.0. The lowest BCUT2D eigenvalue weighted by Gasteiger charge is -2.28. The van der Waals surface area contributed by atoms with E-state index in [0.29, 0.717) is 0 Å². The molecule has 19 heavy (non-hydrogen) atoms. The minimum Gasteiger partial charge on any atom is -0.303 e. The van der Waals surface area contributed by atoms with Gasteiger partial charge in [-0.25, -0.2) is 0 Å². The molecule has 0 N–H and O–H groups in total. The molecule has 0 aliphatic rings. The molecule has 3 nitrogen and oxygen atoms in total. The maximum Gasteiger partial charge on any atom is 0.0110 e. The van der Waals surface area contributed by atoms with Gasteiger partial charge in [0.2, 0.25) is 0 Å². The zero-order valence-corrected chi connectivity index (χ0v) is 14.6. The first-order chi connectivity index (χ1) is 9.21. The SMILES string of the molecule is CCN(CC)CCN(CCSC)CCN(CC)CC. The Balaban J connectivity index is 4.06. The number of thioether (sulfide) groups is 1. The number of rotatable bonds is 13. The van der Waals surface area contributed by atoms with Crippen LogP contribution in [-0.4, -0.2) is 85.6 Å². The first kappa shape index (κ1) is 19.2. The van der Waals surface area contributed by atoms with Gasteiger partial charge >= 0.3 is 0 Å². The van der Waals surface area contributed by atoms with Crippen molar-refractivity contribution >= 4 is 11.8 Å². The fraction of sp³-hybridized carbons (Fsp3) is 1.00. The lowest BCUT2D eigenvalue weighted by atomic mass is 10.4. The van der Waals surface area contributed by atoms with Gasteiger partial charge in [0.05, 0.1) is 0 Å². The molecule has 0 rings (SSSR count). The van der Waals surface area contributed by atoms with Crippen molar-refractivity contribution in [3.63, 3.8) is 0 Å². The van der Waals surface area contributed by atoms with Gasteiger partial charge in [0.25, 0.3) is 0 Å². The van der Waals surface area contributed by atoms with Crippen LogP contribution in [-0.2, 0) is 0 Å². The smallest absolute Gasteiger partial charge is 0.0110 e. The summed E-state index contributed by atoms with van der Waals surface area (Å²) in [4.78, 5) is 7.67. The second kappa shape index (κ2) is 13.2. The largest absolute Gasteiger partial charge is 0.303 e. The highest BCUT2D eigenvalue weighted by Crippen LogP contribution is 1.99. The van der Waals surface area contributed by atoms with Crippen LogP contribution in [0.1, 0.15) is 27.7 Å². The fourth-order valence-corrected chi connectivity index (χ4v) is 2.64. The molecule has 0 saturated heterocycles. The van der Waals surface area contributed by atoms with Crippen molar-refractivity contribution < 1.29 is 0 Å². The summed E-state index contributed by atoms with van der Waals surface area (Å²) in [6, 6.07) is 0. The van der Waals surface area contributed by atoms with Crippen molar-refractivity contribution in [2.75, 3.05) is 70.9 Å². The molecule has 0 atom stereocenters. The maximum absolute atomic E-state index is 2.63. The van der Waals surface area contributed by atoms with Crippen molar-refractivity contribution in [1.82, 2.24) is 14.7 Å². The fourth-order valence-electron chi connectivity index (χ4n) is 2.20. The van der Waals surface area contributed by atoms with E-state index in [4.69, 9.17) is 0 Å². The van der Waals surface area contributed by atoms with E-state index in [1.165, 1.54) is 64.7 Å². The highest BCUT2D eigenvalue weighted by Gasteiger charge is 2.08. The molecule has 0 fully saturated rings. The molecule has 0 aromatic carbocycles. The summed E-state index contributed by atoms with van der Waals surface area (Å²) < 4.78 is 0. The summed E-state index contributed by atoms with van der Waals surface area (Å²) in [5.41, 5.74) is 0. The van der Waals surface area contributed by atoms with Gasteiger partial charge in [-0.3, -0.25) is 4.90 Å². The Hall–Kier alpha value is 0.230. The Morgan fingerprint density at radius 2 is 0.947 bits per heavy atom. The van der Waals surface area contributed by atoms with Crippen molar-refractivity contribution in [2.24, 2.45) is 0 Å². The molecule has 116 valence electrons. The van der Waals surface area contributed by atoms with Crippen LogP contribution in [0.3, 0.4) is 0 Å². The Morgan fingerprint density at radius 3 is 1.26 bits per heavy atom. The molecule has 4 heteroatoms. The highest BCUT2D eigenvalue weighted by atomic mass is 32.2. The summed E-state index contributed by atoms with van der Waals surface area (Å²) in [7, 11) is 0. The molecular formula is C15H35N3S. The van der Waals surface area contributed by atoms with Crippen LogP contribution in [0.2, 0.25) is 0 Å². The molecule has 0 bridgehead atoms. The summed E-state index contributed by atoms with van der Waals surface area (Å²) in [6.07, 6.45) is 2.20. The Bertz CT molecular complexity index is 166. The third-order valence-electron chi connectivity index (χ3n) is 3.87. The quantitative estimate of drug-likeness (QED) is 0.514. The predicted molar refractivity (Wildman–Crippen MR) is 90.4 cm³/mol. The summed E-state index contributed by atoms with van der Waals surface area (Å²) in [5, 5.41) is 0. The van der Waals surface area contributed by atoms with E-state index in [1.807, 2.05) is 11.8 Å². The van der Waals surface area contributed by atoms with E-state index >= 15 is 0 Å². The van der Waals surface area contributed by atoms with E-state index in [9.17, 15) is 0 Å². The first-order valence-corrected chi connectivity index (χ1v) is 9.27. The second-order valence-electron chi connectivity index (χ2n) is 4.89. The molecule has 0 aromatic rings. The van der Waals surface area contributed by atoms with Gasteiger partial charge in [0.15, 0.2) is 0 Å². The van der Waals surface area contributed by atoms with Gasteiger partial charge < -0.3 is 9.80 Å². The lowest BCUT2D eigenvalue weighted by Crippen LogP contribution is -2.40. The third-order valence-corrected chi connectivity index (χ3v) is 4.46. The molecule has 0 aromatic heterocycles. The average Bonchev–Trinajstić information content (AvgIpc) is 2.45. The average molecular weight is 290 g/mol. The first-order valence-electron chi connectivity index (χ1n) is 7.87. The van der Waals surface area contributed by atoms with E-state index in [-0.39, 0.29) is 0 Å².